The van der Waals surface area contributed by atoms with Crippen LogP contribution < -0.4 is 0 Å². The Balaban J connectivity index is 2.21. The zero-order valence-corrected chi connectivity index (χ0v) is 14.6. The van der Waals surface area contributed by atoms with Crippen molar-refractivity contribution in [3.8, 4) is 0 Å². The molecule has 0 saturated carbocycles. The molecule has 124 valence electrons. The predicted octanol–water partition coefficient (Wildman–Crippen LogP) is 3.25. The summed E-state index contributed by atoms with van der Waals surface area (Å²) < 4.78 is 32.8. The molecule has 0 aliphatic carbocycles. The molecule has 2 rings (SSSR count). The van der Waals surface area contributed by atoms with Crippen molar-refractivity contribution in [2.75, 3.05) is 26.8 Å². The van der Waals surface area contributed by atoms with Gasteiger partial charge in [0.25, 0.3) is 0 Å². The third kappa shape index (κ3) is 3.70. The lowest BCUT2D eigenvalue weighted by Crippen LogP contribution is -2.39. The van der Waals surface area contributed by atoms with E-state index < -0.39 is 10.0 Å². The van der Waals surface area contributed by atoms with Crippen LogP contribution in [0.2, 0.25) is 0 Å². The monoisotopic (exact) mass is 325 g/mol. The van der Waals surface area contributed by atoms with Gasteiger partial charge in [-0.1, -0.05) is 32.0 Å². The summed E-state index contributed by atoms with van der Waals surface area (Å²) in [7, 11) is -1.69. The van der Waals surface area contributed by atoms with Gasteiger partial charge in [0.15, 0.2) is 0 Å². The molecule has 1 saturated heterocycles. The summed E-state index contributed by atoms with van der Waals surface area (Å²) in [4.78, 5) is 0.481. The van der Waals surface area contributed by atoms with E-state index in [4.69, 9.17) is 4.74 Å². The first-order valence-corrected chi connectivity index (χ1v) is 9.52. The molecule has 0 radical (unpaired) electrons. The van der Waals surface area contributed by atoms with Crippen LogP contribution >= 0.6 is 0 Å². The van der Waals surface area contributed by atoms with Crippen molar-refractivity contribution in [3.63, 3.8) is 0 Å². The lowest BCUT2D eigenvalue weighted by atomic mass is 9.99. The Labute approximate surface area is 134 Å². The van der Waals surface area contributed by atoms with Gasteiger partial charge in [0, 0.05) is 26.8 Å². The normalized spacial score (nSPS) is 19.2. The van der Waals surface area contributed by atoms with E-state index in [1.54, 1.807) is 17.5 Å². The number of methoxy groups -OCH3 is 1. The summed E-state index contributed by atoms with van der Waals surface area (Å²) in [6.07, 6.45) is 2.68. The molecule has 1 aliphatic heterocycles. The number of benzene rings is 1. The Morgan fingerprint density at radius 2 is 1.91 bits per heavy atom. The number of piperidine rings is 1. The van der Waals surface area contributed by atoms with Crippen LogP contribution in [-0.4, -0.2) is 39.5 Å². The van der Waals surface area contributed by atoms with E-state index in [2.05, 4.69) is 13.8 Å². The maximum atomic E-state index is 13.0. The standard InChI is InChI=1S/C17H27NO3S/c1-4-14(2)16-7-5-6-8-17(16)22(19,20)18-11-9-15(10-12-18)13-21-3/h5-8,14-15H,4,9-13H2,1-3H3. The van der Waals surface area contributed by atoms with Crippen LogP contribution in [0.4, 0.5) is 0 Å². The number of ether oxygens (including phenoxy) is 1. The summed E-state index contributed by atoms with van der Waals surface area (Å²) in [5.41, 5.74) is 0.934. The van der Waals surface area contributed by atoms with E-state index in [0.29, 0.717) is 23.9 Å². The molecule has 1 aromatic rings. The fraction of sp³-hybridized carbons (Fsp3) is 0.647. The van der Waals surface area contributed by atoms with Crippen LogP contribution in [0.1, 0.15) is 44.6 Å². The molecule has 0 spiro atoms. The molecule has 0 N–H and O–H groups in total. The van der Waals surface area contributed by atoms with Crippen molar-refractivity contribution in [1.29, 1.82) is 0 Å². The first-order chi connectivity index (χ1) is 10.5. The van der Waals surface area contributed by atoms with Crippen LogP contribution in [0.15, 0.2) is 29.2 Å². The van der Waals surface area contributed by atoms with Gasteiger partial charge in [-0.2, -0.15) is 4.31 Å². The van der Waals surface area contributed by atoms with Crippen molar-refractivity contribution in [1.82, 2.24) is 4.31 Å². The highest BCUT2D eigenvalue weighted by Gasteiger charge is 2.31. The lowest BCUT2D eigenvalue weighted by Gasteiger charge is -2.31. The van der Waals surface area contributed by atoms with Gasteiger partial charge in [0.2, 0.25) is 10.0 Å². The third-order valence-corrected chi connectivity index (χ3v) is 6.63. The Morgan fingerprint density at radius 1 is 1.27 bits per heavy atom. The molecule has 22 heavy (non-hydrogen) atoms. The molecule has 1 aliphatic rings. The second-order valence-corrected chi connectivity index (χ2v) is 8.06. The second kappa shape index (κ2) is 7.57. The number of hydrogen-bond donors (Lipinski definition) is 0. The van der Waals surface area contributed by atoms with E-state index in [1.807, 2.05) is 18.2 Å². The average Bonchev–Trinajstić information content (AvgIpc) is 2.55. The number of sulfonamides is 1. The summed E-state index contributed by atoms with van der Waals surface area (Å²) in [5.74, 6) is 0.721. The molecule has 4 nitrogen and oxygen atoms in total. The van der Waals surface area contributed by atoms with Crippen LogP contribution in [0.5, 0.6) is 0 Å². The minimum atomic E-state index is -3.39. The zero-order valence-electron chi connectivity index (χ0n) is 13.8. The third-order valence-electron chi connectivity index (χ3n) is 4.66. The summed E-state index contributed by atoms with van der Waals surface area (Å²) >= 11 is 0. The summed E-state index contributed by atoms with van der Waals surface area (Å²) in [6.45, 7) is 6.07. The molecule has 0 aromatic heterocycles. The molecule has 1 unspecified atom stereocenters. The minimum absolute atomic E-state index is 0.247. The highest BCUT2D eigenvalue weighted by molar-refractivity contribution is 7.89. The van der Waals surface area contributed by atoms with Gasteiger partial charge >= 0.3 is 0 Å². The molecular weight excluding hydrogens is 298 g/mol. The Hall–Kier alpha value is -0.910. The van der Waals surface area contributed by atoms with E-state index >= 15 is 0 Å². The maximum Gasteiger partial charge on any atom is 0.243 e. The van der Waals surface area contributed by atoms with E-state index in [-0.39, 0.29) is 5.92 Å². The summed E-state index contributed by atoms with van der Waals surface area (Å²) in [5, 5.41) is 0. The van der Waals surface area contributed by atoms with Crippen molar-refractivity contribution in [2.45, 2.75) is 43.9 Å². The first kappa shape index (κ1) is 17.4. The highest BCUT2D eigenvalue weighted by atomic mass is 32.2. The topological polar surface area (TPSA) is 46.6 Å². The second-order valence-electron chi connectivity index (χ2n) is 6.15. The molecule has 0 bridgehead atoms. The fourth-order valence-corrected chi connectivity index (χ4v) is 4.82. The van der Waals surface area contributed by atoms with Crippen LogP contribution in [0.25, 0.3) is 0 Å². The van der Waals surface area contributed by atoms with Gasteiger partial charge < -0.3 is 4.74 Å². The average molecular weight is 325 g/mol. The predicted molar refractivity (Wildman–Crippen MR) is 88.5 cm³/mol. The Bertz CT molecular complexity index is 577. The Kier molecular flexibility index (Phi) is 6.01. The van der Waals surface area contributed by atoms with Crippen molar-refractivity contribution < 1.29 is 13.2 Å². The smallest absolute Gasteiger partial charge is 0.243 e. The Morgan fingerprint density at radius 3 is 2.50 bits per heavy atom. The molecule has 1 heterocycles. The SMILES string of the molecule is CCC(C)c1ccccc1S(=O)(=O)N1CCC(COC)CC1. The van der Waals surface area contributed by atoms with Crippen molar-refractivity contribution in [3.05, 3.63) is 29.8 Å². The van der Waals surface area contributed by atoms with E-state index in [0.717, 1.165) is 31.4 Å². The van der Waals surface area contributed by atoms with Crippen LogP contribution in [0.3, 0.4) is 0 Å². The zero-order chi connectivity index (χ0) is 16.2. The van der Waals surface area contributed by atoms with E-state index in [9.17, 15) is 8.42 Å². The van der Waals surface area contributed by atoms with Gasteiger partial charge in [-0.05, 0) is 42.7 Å². The fourth-order valence-electron chi connectivity index (χ4n) is 3.03. The van der Waals surface area contributed by atoms with Gasteiger partial charge in [0.1, 0.15) is 0 Å². The van der Waals surface area contributed by atoms with Crippen LogP contribution in [-0.2, 0) is 14.8 Å². The largest absolute Gasteiger partial charge is 0.384 e. The van der Waals surface area contributed by atoms with Gasteiger partial charge in [-0.15, -0.1) is 0 Å². The van der Waals surface area contributed by atoms with Crippen molar-refractivity contribution >= 4 is 10.0 Å². The molecule has 1 atom stereocenters. The van der Waals surface area contributed by atoms with Crippen molar-refractivity contribution in [2.24, 2.45) is 5.92 Å². The molecule has 5 heteroatoms. The number of hydrogen-bond acceptors (Lipinski definition) is 3. The minimum Gasteiger partial charge on any atom is -0.384 e. The summed E-state index contributed by atoms with van der Waals surface area (Å²) in [6, 6.07) is 7.43. The van der Waals surface area contributed by atoms with Gasteiger partial charge in [-0.3, -0.25) is 0 Å². The molecule has 1 aromatic carbocycles. The lowest BCUT2D eigenvalue weighted by molar-refractivity contribution is 0.121. The van der Waals surface area contributed by atoms with Gasteiger partial charge in [-0.25, -0.2) is 8.42 Å². The molecule has 1 fully saturated rings. The van der Waals surface area contributed by atoms with E-state index in [1.165, 1.54) is 0 Å². The number of nitrogens with zero attached hydrogens (tertiary/aromatic N) is 1. The first-order valence-electron chi connectivity index (χ1n) is 8.08. The quantitative estimate of drug-likeness (QED) is 0.806. The maximum absolute atomic E-state index is 13.0. The van der Waals surface area contributed by atoms with Crippen LogP contribution in [0, 0.1) is 5.92 Å². The highest BCUT2D eigenvalue weighted by Crippen LogP contribution is 2.30. The molecule has 0 amide bonds. The number of rotatable bonds is 6. The molecular formula is C17H27NO3S. The van der Waals surface area contributed by atoms with Gasteiger partial charge in [0.05, 0.1) is 4.90 Å².